The third-order valence-electron chi connectivity index (χ3n) is 4.14. The zero-order chi connectivity index (χ0) is 15.5. The average molecular weight is 297 g/mol. The van der Waals surface area contributed by atoms with Crippen LogP contribution in [0.15, 0.2) is 36.7 Å². The van der Waals surface area contributed by atoms with Crippen molar-refractivity contribution in [3.05, 3.63) is 53.3 Å². The Kier molecular flexibility index (Phi) is 4.04. The summed E-state index contributed by atoms with van der Waals surface area (Å²) >= 11 is 0. The number of benzene rings is 1. The summed E-state index contributed by atoms with van der Waals surface area (Å²) in [5, 5.41) is 4.16. The Bertz CT molecular complexity index is 692. The second kappa shape index (κ2) is 6.13. The van der Waals surface area contributed by atoms with Crippen LogP contribution in [0.5, 0.6) is 0 Å². The molecule has 1 aromatic heterocycles. The number of amides is 1. The molecule has 114 valence electrons. The topological polar surface area (TPSA) is 55.2 Å². The van der Waals surface area contributed by atoms with Crippen LogP contribution in [0.25, 0.3) is 0 Å². The number of nitrogens with zero attached hydrogens (tertiary/aromatic N) is 3. The lowest BCUT2D eigenvalue weighted by Crippen LogP contribution is -2.34. The Morgan fingerprint density at radius 1 is 1.32 bits per heavy atom. The van der Waals surface area contributed by atoms with Gasteiger partial charge in [0.05, 0.1) is 6.54 Å². The van der Waals surface area contributed by atoms with Gasteiger partial charge in [0.2, 0.25) is 0 Å². The molecule has 5 heteroatoms. The van der Waals surface area contributed by atoms with Crippen LogP contribution in [0.2, 0.25) is 0 Å². The van der Waals surface area contributed by atoms with E-state index in [1.165, 1.54) is 0 Å². The maximum absolute atomic E-state index is 12.8. The Morgan fingerprint density at radius 2 is 2.18 bits per heavy atom. The van der Waals surface area contributed by atoms with Gasteiger partial charge in [0.25, 0.3) is 5.91 Å². The van der Waals surface area contributed by atoms with Crippen molar-refractivity contribution >= 4 is 11.7 Å². The minimum Gasteiger partial charge on any atom is -0.337 e. The van der Waals surface area contributed by atoms with Crippen molar-refractivity contribution in [2.45, 2.75) is 26.3 Å². The number of aromatic nitrogens is 2. The second-order valence-corrected chi connectivity index (χ2v) is 5.41. The molecule has 5 nitrogen and oxygen atoms in total. The van der Waals surface area contributed by atoms with E-state index >= 15 is 0 Å². The largest absolute Gasteiger partial charge is 0.337 e. The van der Waals surface area contributed by atoms with Crippen LogP contribution in [-0.2, 0) is 13.0 Å². The fourth-order valence-corrected chi connectivity index (χ4v) is 2.92. The standard InChI is InChI=1S/C17H19N3O2/c1-2-19(11-12-20-10-4-9-18-20)17(22)15-6-3-5-14-13(15)7-8-16(14)21/h3-6,9-10H,2,7-8,11-12H2,1H3. The highest BCUT2D eigenvalue weighted by atomic mass is 16.2. The highest BCUT2D eigenvalue weighted by Gasteiger charge is 2.26. The van der Waals surface area contributed by atoms with Crippen molar-refractivity contribution < 1.29 is 9.59 Å². The number of ketones is 1. The van der Waals surface area contributed by atoms with Crippen LogP contribution >= 0.6 is 0 Å². The summed E-state index contributed by atoms with van der Waals surface area (Å²) in [4.78, 5) is 26.4. The number of carbonyl (C=O) groups excluding carboxylic acids is 2. The van der Waals surface area contributed by atoms with Crippen molar-refractivity contribution in [1.29, 1.82) is 0 Å². The van der Waals surface area contributed by atoms with E-state index in [9.17, 15) is 9.59 Å². The summed E-state index contributed by atoms with van der Waals surface area (Å²) in [6, 6.07) is 7.32. The van der Waals surface area contributed by atoms with E-state index in [-0.39, 0.29) is 11.7 Å². The van der Waals surface area contributed by atoms with Gasteiger partial charge in [-0.2, -0.15) is 5.10 Å². The molecule has 0 saturated carbocycles. The number of carbonyl (C=O) groups is 2. The Labute approximate surface area is 129 Å². The maximum atomic E-state index is 12.8. The van der Waals surface area contributed by atoms with Gasteiger partial charge >= 0.3 is 0 Å². The molecular weight excluding hydrogens is 278 g/mol. The molecule has 0 unspecified atom stereocenters. The fraction of sp³-hybridized carbons (Fsp3) is 0.353. The van der Waals surface area contributed by atoms with Crippen LogP contribution in [-0.4, -0.2) is 39.5 Å². The lowest BCUT2D eigenvalue weighted by Gasteiger charge is -2.22. The molecule has 0 spiro atoms. The van der Waals surface area contributed by atoms with Gasteiger partial charge < -0.3 is 4.90 Å². The normalized spacial score (nSPS) is 13.2. The quantitative estimate of drug-likeness (QED) is 0.850. The Balaban J connectivity index is 1.78. The molecule has 22 heavy (non-hydrogen) atoms. The van der Waals surface area contributed by atoms with Gasteiger partial charge in [-0.3, -0.25) is 14.3 Å². The van der Waals surface area contributed by atoms with Gasteiger partial charge in [0, 0.05) is 43.0 Å². The molecule has 1 aliphatic carbocycles. The zero-order valence-corrected chi connectivity index (χ0v) is 12.7. The van der Waals surface area contributed by atoms with Gasteiger partial charge in [-0.15, -0.1) is 0 Å². The van der Waals surface area contributed by atoms with E-state index in [1.54, 1.807) is 17.2 Å². The summed E-state index contributed by atoms with van der Waals surface area (Å²) in [6.07, 6.45) is 4.80. The van der Waals surface area contributed by atoms with Gasteiger partial charge in [0.1, 0.15) is 0 Å². The molecule has 0 aliphatic heterocycles. The van der Waals surface area contributed by atoms with Gasteiger partial charge in [-0.25, -0.2) is 0 Å². The van der Waals surface area contributed by atoms with E-state index in [0.29, 0.717) is 43.6 Å². The van der Waals surface area contributed by atoms with E-state index in [0.717, 1.165) is 5.56 Å². The molecule has 1 amide bonds. The number of hydrogen-bond acceptors (Lipinski definition) is 3. The molecule has 0 saturated heterocycles. The van der Waals surface area contributed by atoms with Gasteiger partial charge in [0.15, 0.2) is 5.78 Å². The third-order valence-corrected chi connectivity index (χ3v) is 4.14. The Morgan fingerprint density at radius 3 is 2.91 bits per heavy atom. The third kappa shape index (κ3) is 2.66. The summed E-state index contributed by atoms with van der Waals surface area (Å²) in [5.74, 6) is 0.144. The molecular formula is C17H19N3O2. The number of rotatable bonds is 5. The van der Waals surface area contributed by atoms with Gasteiger partial charge in [-0.05, 0) is 31.0 Å². The van der Waals surface area contributed by atoms with Crippen LogP contribution < -0.4 is 0 Å². The SMILES string of the molecule is CCN(CCn1cccn1)C(=O)c1cccc2c1CCC2=O. The molecule has 0 bridgehead atoms. The number of likely N-dealkylation sites (N-methyl/N-ethyl adjacent to an activating group) is 1. The fourth-order valence-electron chi connectivity index (χ4n) is 2.92. The summed E-state index contributed by atoms with van der Waals surface area (Å²) in [7, 11) is 0. The molecule has 2 aromatic rings. The van der Waals surface area contributed by atoms with Crippen molar-refractivity contribution in [3.63, 3.8) is 0 Å². The van der Waals surface area contributed by atoms with E-state index in [4.69, 9.17) is 0 Å². The first-order valence-electron chi connectivity index (χ1n) is 7.62. The first kappa shape index (κ1) is 14.5. The monoisotopic (exact) mass is 297 g/mol. The molecule has 0 atom stereocenters. The molecule has 1 aromatic carbocycles. The second-order valence-electron chi connectivity index (χ2n) is 5.41. The smallest absolute Gasteiger partial charge is 0.254 e. The summed E-state index contributed by atoms with van der Waals surface area (Å²) in [6.45, 7) is 3.88. The predicted octanol–water partition coefficient (Wildman–Crippen LogP) is 2.17. The molecule has 0 radical (unpaired) electrons. The van der Waals surface area contributed by atoms with Crippen molar-refractivity contribution in [2.24, 2.45) is 0 Å². The molecule has 0 fully saturated rings. The number of hydrogen-bond donors (Lipinski definition) is 0. The molecule has 1 heterocycles. The van der Waals surface area contributed by atoms with Crippen LogP contribution in [0.4, 0.5) is 0 Å². The van der Waals surface area contributed by atoms with Crippen molar-refractivity contribution in [2.75, 3.05) is 13.1 Å². The summed E-state index contributed by atoms with van der Waals surface area (Å²) in [5.41, 5.74) is 2.30. The lowest BCUT2D eigenvalue weighted by molar-refractivity contribution is 0.0756. The van der Waals surface area contributed by atoms with Crippen LogP contribution in [0.1, 0.15) is 39.6 Å². The molecule has 3 rings (SSSR count). The minimum absolute atomic E-state index is 0.00112. The number of Topliss-reactive ketones (excluding diaryl/α,β-unsaturated/α-hetero) is 1. The van der Waals surface area contributed by atoms with E-state index in [2.05, 4.69) is 5.10 Å². The van der Waals surface area contributed by atoms with Crippen molar-refractivity contribution in [1.82, 2.24) is 14.7 Å². The Hall–Kier alpha value is -2.43. The summed E-state index contributed by atoms with van der Waals surface area (Å²) < 4.78 is 1.81. The van der Waals surface area contributed by atoms with Gasteiger partial charge in [-0.1, -0.05) is 12.1 Å². The average Bonchev–Trinajstić information content (AvgIpc) is 3.18. The predicted molar refractivity (Wildman–Crippen MR) is 82.9 cm³/mol. The van der Waals surface area contributed by atoms with Crippen LogP contribution in [0, 0.1) is 0 Å². The highest BCUT2D eigenvalue weighted by Crippen LogP contribution is 2.26. The highest BCUT2D eigenvalue weighted by molar-refractivity contribution is 6.05. The van der Waals surface area contributed by atoms with Crippen molar-refractivity contribution in [3.8, 4) is 0 Å². The molecule has 0 N–H and O–H groups in total. The maximum Gasteiger partial charge on any atom is 0.254 e. The zero-order valence-electron chi connectivity index (χ0n) is 12.7. The van der Waals surface area contributed by atoms with E-state index < -0.39 is 0 Å². The first-order valence-corrected chi connectivity index (χ1v) is 7.62. The lowest BCUT2D eigenvalue weighted by atomic mass is 10.0. The van der Waals surface area contributed by atoms with Crippen LogP contribution in [0.3, 0.4) is 0 Å². The first-order chi connectivity index (χ1) is 10.7. The van der Waals surface area contributed by atoms with E-state index in [1.807, 2.05) is 36.0 Å². The molecule has 1 aliphatic rings. The number of fused-ring (bicyclic) bond motifs is 1. The minimum atomic E-state index is 0.00112.